The Morgan fingerprint density at radius 3 is 2.58 bits per heavy atom. The van der Waals surface area contributed by atoms with Gasteiger partial charge in [0.15, 0.2) is 0 Å². The first-order valence-corrected chi connectivity index (χ1v) is 10.7. The molecule has 3 rings (SSSR count). The minimum atomic E-state index is -1.02. The van der Waals surface area contributed by atoms with E-state index in [1.54, 1.807) is 12.1 Å². The van der Waals surface area contributed by atoms with Crippen LogP contribution in [0.4, 0.5) is 4.79 Å². The first-order valence-electron chi connectivity index (χ1n) is 8.37. The third kappa shape index (κ3) is 4.15. The quantitative estimate of drug-likeness (QED) is 0.273. The molecule has 1 heterocycles. The van der Waals surface area contributed by atoms with E-state index in [4.69, 9.17) is 4.74 Å². The molecular formula is C18H21INO4-. The maximum atomic E-state index is 12.5. The summed E-state index contributed by atoms with van der Waals surface area (Å²) in [6.45, 7) is 0.153. The van der Waals surface area contributed by atoms with E-state index in [1.807, 2.05) is 18.2 Å². The molecule has 1 aromatic carbocycles. The number of benzene rings is 1. The van der Waals surface area contributed by atoms with Crippen LogP contribution < -0.4 is 21.2 Å². The van der Waals surface area contributed by atoms with Crippen LogP contribution in [0.3, 0.4) is 0 Å². The third-order valence-electron chi connectivity index (χ3n) is 4.56. The van der Waals surface area contributed by atoms with Gasteiger partial charge in [0.25, 0.3) is 0 Å². The van der Waals surface area contributed by atoms with Gasteiger partial charge in [0.2, 0.25) is 0 Å². The van der Waals surface area contributed by atoms with E-state index in [0.29, 0.717) is 17.9 Å². The van der Waals surface area contributed by atoms with E-state index in [0.717, 1.165) is 6.42 Å². The number of hydrogen-bond acceptors (Lipinski definition) is 4. The first-order chi connectivity index (χ1) is 11.6. The molecule has 1 aromatic rings. The first kappa shape index (κ1) is 17.4. The fourth-order valence-corrected chi connectivity index (χ4v) is 5.78. The summed E-state index contributed by atoms with van der Waals surface area (Å²) in [5.41, 5.74) is 0.642. The Labute approximate surface area is 152 Å². The molecule has 24 heavy (non-hydrogen) atoms. The number of ether oxygens (including phenoxy) is 1. The van der Waals surface area contributed by atoms with Crippen molar-refractivity contribution in [3.05, 3.63) is 35.9 Å². The van der Waals surface area contributed by atoms with Crippen molar-refractivity contribution in [1.82, 2.24) is 4.90 Å². The summed E-state index contributed by atoms with van der Waals surface area (Å²) < 4.78 is 4.71. The van der Waals surface area contributed by atoms with Gasteiger partial charge in [-0.25, -0.2) is 0 Å². The zero-order valence-electron chi connectivity index (χ0n) is 13.4. The zero-order valence-corrected chi connectivity index (χ0v) is 15.6. The zero-order chi connectivity index (χ0) is 16.9. The van der Waals surface area contributed by atoms with Crippen LogP contribution in [0, 0.1) is 5.92 Å². The van der Waals surface area contributed by atoms with Crippen molar-refractivity contribution in [1.29, 1.82) is 0 Å². The molecule has 1 aliphatic heterocycles. The maximum absolute atomic E-state index is 12.5. The SMILES string of the molecule is O=C([I-][C@H]1COC(=O)N1C(=O)CCC1CCCC1)c1ccccc1. The Morgan fingerprint density at radius 1 is 1.17 bits per heavy atom. The number of carbonyl (C=O) groups is 3. The van der Waals surface area contributed by atoms with Crippen molar-refractivity contribution in [2.75, 3.05) is 6.61 Å². The average Bonchev–Trinajstić information content (AvgIpc) is 3.23. The number of amides is 2. The molecule has 0 spiro atoms. The second-order valence-corrected chi connectivity index (χ2v) is 9.25. The van der Waals surface area contributed by atoms with Crippen LogP contribution in [-0.4, -0.2) is 31.3 Å². The fourth-order valence-electron chi connectivity index (χ4n) is 3.23. The molecule has 1 aliphatic carbocycles. The molecule has 5 nitrogen and oxygen atoms in total. The van der Waals surface area contributed by atoms with Gasteiger partial charge >= 0.3 is 152 Å². The molecule has 0 unspecified atom stereocenters. The van der Waals surface area contributed by atoms with Crippen LogP contribution in [0.25, 0.3) is 0 Å². The van der Waals surface area contributed by atoms with Gasteiger partial charge in [-0.2, -0.15) is 0 Å². The molecule has 6 heteroatoms. The number of halogens is 1. The second kappa shape index (κ2) is 8.09. The topological polar surface area (TPSA) is 63.7 Å². The van der Waals surface area contributed by atoms with E-state index >= 15 is 0 Å². The minimum absolute atomic E-state index is 0.0336. The molecule has 2 aliphatic rings. The van der Waals surface area contributed by atoms with Gasteiger partial charge in [-0.1, -0.05) is 0 Å². The predicted octanol–water partition coefficient (Wildman–Crippen LogP) is 0.191. The van der Waals surface area contributed by atoms with Crippen LogP contribution in [0.15, 0.2) is 30.3 Å². The number of carbonyl (C=O) groups excluding carboxylic acids is 3. The van der Waals surface area contributed by atoms with Crippen LogP contribution in [0.1, 0.15) is 48.9 Å². The Kier molecular flexibility index (Phi) is 5.86. The monoisotopic (exact) mass is 442 g/mol. The number of rotatable bonds is 6. The van der Waals surface area contributed by atoms with Gasteiger partial charge in [0.1, 0.15) is 0 Å². The number of cyclic esters (lactones) is 1. The number of alkyl halides is 1. The second-order valence-electron chi connectivity index (χ2n) is 6.21. The summed E-state index contributed by atoms with van der Waals surface area (Å²) in [7, 11) is 0. The van der Waals surface area contributed by atoms with Gasteiger partial charge in [-0.3, -0.25) is 0 Å². The van der Waals surface area contributed by atoms with Crippen molar-refractivity contribution in [2.45, 2.75) is 42.6 Å². The molecule has 1 saturated carbocycles. The van der Waals surface area contributed by atoms with Gasteiger partial charge in [-0.05, 0) is 0 Å². The molecule has 1 atom stereocenters. The number of hydrogen-bond donors (Lipinski definition) is 0. The molecule has 0 aromatic heterocycles. The van der Waals surface area contributed by atoms with E-state index in [2.05, 4.69) is 0 Å². The fraction of sp³-hybridized carbons (Fsp3) is 0.500. The van der Waals surface area contributed by atoms with Crippen LogP contribution in [0.2, 0.25) is 0 Å². The Hall–Kier alpha value is -1.44. The molecule has 0 radical (unpaired) electrons. The van der Waals surface area contributed by atoms with Crippen molar-refractivity contribution in [2.24, 2.45) is 5.92 Å². The van der Waals surface area contributed by atoms with Gasteiger partial charge in [0, 0.05) is 0 Å². The Balaban J connectivity index is 1.59. The molecule has 0 bridgehead atoms. The summed E-state index contributed by atoms with van der Waals surface area (Å²) in [6, 6.07) is 9.03. The summed E-state index contributed by atoms with van der Waals surface area (Å²) in [4.78, 5) is 38.0. The van der Waals surface area contributed by atoms with E-state index in [9.17, 15) is 14.4 Å². The molecule has 2 fully saturated rings. The van der Waals surface area contributed by atoms with E-state index in [1.165, 1.54) is 30.6 Å². The van der Waals surface area contributed by atoms with Gasteiger partial charge < -0.3 is 0 Å². The summed E-state index contributed by atoms with van der Waals surface area (Å²) >= 11 is -1.02. The Morgan fingerprint density at radius 2 is 1.88 bits per heavy atom. The van der Waals surface area contributed by atoms with Crippen LogP contribution in [0.5, 0.6) is 0 Å². The predicted molar refractivity (Wildman–Crippen MR) is 83.9 cm³/mol. The average molecular weight is 442 g/mol. The Bertz CT molecular complexity index is 613. The molecule has 1 saturated heterocycles. The van der Waals surface area contributed by atoms with E-state index in [-0.39, 0.29) is 20.4 Å². The summed E-state index contributed by atoms with van der Waals surface area (Å²) in [6.07, 6.45) is 5.47. The normalized spacial score (nSPS) is 21.2. The molecule has 0 N–H and O–H groups in total. The third-order valence-corrected chi connectivity index (χ3v) is 7.38. The van der Waals surface area contributed by atoms with Crippen molar-refractivity contribution >= 4 is 15.8 Å². The van der Waals surface area contributed by atoms with Crippen LogP contribution in [-0.2, 0) is 9.53 Å². The van der Waals surface area contributed by atoms with Crippen molar-refractivity contribution in [3.63, 3.8) is 0 Å². The number of nitrogens with zero attached hydrogens (tertiary/aromatic N) is 1. The summed E-state index contributed by atoms with van der Waals surface area (Å²) in [5.74, 6) is 0.418. The van der Waals surface area contributed by atoms with Crippen molar-refractivity contribution < 1.29 is 40.3 Å². The molecular weight excluding hydrogens is 421 g/mol. The molecule has 130 valence electrons. The van der Waals surface area contributed by atoms with Gasteiger partial charge in [0.05, 0.1) is 0 Å². The molecule has 2 amide bonds. The van der Waals surface area contributed by atoms with E-state index < -0.39 is 27.3 Å². The van der Waals surface area contributed by atoms with Crippen molar-refractivity contribution in [3.8, 4) is 0 Å². The number of imide groups is 1. The van der Waals surface area contributed by atoms with Gasteiger partial charge in [-0.15, -0.1) is 0 Å². The van der Waals surface area contributed by atoms with Crippen LogP contribution >= 0.6 is 0 Å². The standard InChI is InChI=1S/C18H21INO4/c21-16(11-10-13-6-4-5-7-13)20-15(12-24-18(20)23)19-17(22)14-8-2-1-3-9-14/h1-3,8-9,13,15H,4-7,10-12H2/q-1/t15-/m1/s1. The summed E-state index contributed by atoms with van der Waals surface area (Å²) in [5, 5.41) is 0.